The van der Waals surface area contributed by atoms with E-state index in [0.29, 0.717) is 11.0 Å². The van der Waals surface area contributed by atoms with Gasteiger partial charge in [-0.1, -0.05) is 29.8 Å². The molecule has 4 saturated carbocycles. The number of nitriles is 1. The molecule has 4 bridgehead atoms. The summed E-state index contributed by atoms with van der Waals surface area (Å²) >= 11 is 6.79. The van der Waals surface area contributed by atoms with E-state index in [1.807, 2.05) is 48.5 Å². The number of anilines is 4. The highest BCUT2D eigenvalue weighted by Gasteiger charge is 2.51. The number of halogens is 1. The quantitative estimate of drug-likeness (QED) is 0.409. The summed E-state index contributed by atoms with van der Waals surface area (Å²) in [4.78, 5) is 0. The summed E-state index contributed by atoms with van der Waals surface area (Å²) in [7, 11) is 0. The molecule has 0 aliphatic heterocycles. The van der Waals surface area contributed by atoms with Crippen LogP contribution in [0.5, 0.6) is 0 Å². The van der Waals surface area contributed by atoms with E-state index in [2.05, 4.69) is 34.9 Å². The third kappa shape index (κ3) is 3.87. The Morgan fingerprint density at radius 1 is 0.758 bits per heavy atom. The van der Waals surface area contributed by atoms with Gasteiger partial charge in [0.1, 0.15) is 6.07 Å². The van der Waals surface area contributed by atoms with Crippen molar-refractivity contribution in [1.82, 2.24) is 0 Å². The van der Waals surface area contributed by atoms with Crippen LogP contribution in [0.15, 0.2) is 66.7 Å². The molecule has 0 spiro atoms. The van der Waals surface area contributed by atoms with Gasteiger partial charge in [0.15, 0.2) is 0 Å². The van der Waals surface area contributed by atoms with Crippen LogP contribution in [0.2, 0.25) is 5.02 Å². The summed E-state index contributed by atoms with van der Waals surface area (Å²) in [6, 6.07) is 24.5. The van der Waals surface area contributed by atoms with Crippen molar-refractivity contribution in [3.05, 3.63) is 82.9 Å². The molecule has 0 saturated heterocycles. The zero-order chi connectivity index (χ0) is 22.4. The van der Waals surface area contributed by atoms with Gasteiger partial charge in [0.05, 0.1) is 22.0 Å². The molecule has 7 rings (SSSR count). The number of nitrogens with zero attached hydrogens (tertiary/aromatic N) is 1. The molecule has 3 aromatic rings. The first-order valence-corrected chi connectivity index (χ1v) is 12.4. The predicted molar refractivity (Wildman–Crippen MR) is 135 cm³/mol. The maximum atomic E-state index is 9.28. The van der Waals surface area contributed by atoms with Gasteiger partial charge < -0.3 is 10.6 Å². The minimum atomic E-state index is 0.365. The van der Waals surface area contributed by atoms with Crippen molar-refractivity contribution in [2.24, 2.45) is 17.8 Å². The fourth-order valence-corrected chi connectivity index (χ4v) is 7.28. The van der Waals surface area contributed by atoms with Gasteiger partial charge in [-0.3, -0.25) is 0 Å². The van der Waals surface area contributed by atoms with Crippen molar-refractivity contribution in [1.29, 1.82) is 5.26 Å². The average molecular weight is 454 g/mol. The number of nitrogens with one attached hydrogen (secondary N) is 2. The number of rotatable bonds is 5. The molecule has 0 aromatic heterocycles. The Morgan fingerprint density at radius 3 is 1.91 bits per heavy atom. The van der Waals surface area contributed by atoms with Gasteiger partial charge >= 0.3 is 0 Å². The molecular formula is C29H28ClN3. The second-order valence-corrected chi connectivity index (χ2v) is 10.8. The van der Waals surface area contributed by atoms with Crippen molar-refractivity contribution in [2.75, 3.05) is 10.6 Å². The molecular weight excluding hydrogens is 426 g/mol. The van der Waals surface area contributed by atoms with Crippen LogP contribution >= 0.6 is 11.6 Å². The summed E-state index contributed by atoms with van der Waals surface area (Å²) in [5, 5.41) is 16.9. The van der Waals surface area contributed by atoms with Crippen LogP contribution in [-0.4, -0.2) is 0 Å². The Balaban J connectivity index is 1.17. The Morgan fingerprint density at radius 2 is 1.33 bits per heavy atom. The molecule has 4 aliphatic carbocycles. The molecule has 166 valence electrons. The highest BCUT2D eigenvalue weighted by atomic mass is 35.5. The van der Waals surface area contributed by atoms with Crippen LogP contribution in [0.1, 0.15) is 49.7 Å². The smallest absolute Gasteiger partial charge is 0.101 e. The minimum absolute atomic E-state index is 0.365. The SMILES string of the molecule is N#Cc1ccccc1Nc1ccc(Nc2ccc(C34CC5CC(CC(C5)C3)C4)cc2Cl)cc1. The van der Waals surface area contributed by atoms with Crippen LogP contribution in [-0.2, 0) is 5.41 Å². The first-order chi connectivity index (χ1) is 16.1. The maximum Gasteiger partial charge on any atom is 0.101 e. The molecule has 33 heavy (non-hydrogen) atoms. The zero-order valence-corrected chi connectivity index (χ0v) is 19.4. The summed E-state index contributed by atoms with van der Waals surface area (Å²) in [6.45, 7) is 0. The van der Waals surface area contributed by atoms with Crippen molar-refractivity contribution in [3.8, 4) is 6.07 Å². The molecule has 3 aromatic carbocycles. The highest BCUT2D eigenvalue weighted by molar-refractivity contribution is 6.33. The molecule has 4 aliphatic rings. The van der Waals surface area contributed by atoms with Crippen LogP contribution in [0.3, 0.4) is 0 Å². The summed E-state index contributed by atoms with van der Waals surface area (Å²) < 4.78 is 0. The standard InChI is InChI=1S/C29H28ClN3/c30-26-14-23(29-15-19-11-20(16-29)13-21(12-19)17-29)5-10-28(26)33-25-8-6-24(7-9-25)32-27-4-2-1-3-22(27)18-31/h1-10,14,19-21,32-33H,11-13,15-17H2. The molecule has 4 fully saturated rings. The van der Waals surface area contributed by atoms with Gasteiger partial charge in [0.25, 0.3) is 0 Å². The molecule has 0 atom stereocenters. The third-order valence-corrected chi connectivity index (χ3v) is 8.42. The fraction of sp³-hybridized carbons (Fsp3) is 0.345. The lowest BCUT2D eigenvalue weighted by molar-refractivity contribution is -0.00517. The third-order valence-electron chi connectivity index (χ3n) is 8.11. The van der Waals surface area contributed by atoms with Gasteiger partial charge in [-0.05, 0) is 116 Å². The van der Waals surface area contributed by atoms with Crippen molar-refractivity contribution >= 4 is 34.4 Å². The largest absolute Gasteiger partial charge is 0.354 e. The highest BCUT2D eigenvalue weighted by Crippen LogP contribution is 2.61. The van der Waals surface area contributed by atoms with E-state index in [-0.39, 0.29) is 0 Å². The van der Waals surface area contributed by atoms with E-state index >= 15 is 0 Å². The second-order valence-electron chi connectivity index (χ2n) is 10.4. The Hall–Kier alpha value is -2.96. The summed E-state index contributed by atoms with van der Waals surface area (Å²) in [5.41, 5.74) is 6.12. The first kappa shape index (κ1) is 20.6. The Labute approximate surface area is 200 Å². The van der Waals surface area contributed by atoms with E-state index in [1.165, 1.54) is 44.1 Å². The molecule has 3 nitrogen and oxygen atoms in total. The zero-order valence-electron chi connectivity index (χ0n) is 18.7. The van der Waals surface area contributed by atoms with Crippen molar-refractivity contribution in [2.45, 2.75) is 43.9 Å². The molecule has 0 heterocycles. The topological polar surface area (TPSA) is 47.9 Å². The van der Waals surface area contributed by atoms with Gasteiger partial charge in [-0.2, -0.15) is 5.26 Å². The monoisotopic (exact) mass is 453 g/mol. The van der Waals surface area contributed by atoms with E-state index in [1.54, 1.807) is 0 Å². The number of hydrogen-bond acceptors (Lipinski definition) is 3. The molecule has 2 N–H and O–H groups in total. The van der Waals surface area contributed by atoms with Crippen molar-refractivity contribution in [3.63, 3.8) is 0 Å². The fourth-order valence-electron chi connectivity index (χ4n) is 7.05. The Bertz CT molecular complexity index is 1190. The van der Waals surface area contributed by atoms with Gasteiger partial charge in [0, 0.05) is 11.4 Å². The van der Waals surface area contributed by atoms with Crippen molar-refractivity contribution < 1.29 is 0 Å². The number of hydrogen-bond donors (Lipinski definition) is 2. The van der Waals surface area contributed by atoms with Gasteiger partial charge in [-0.25, -0.2) is 0 Å². The maximum absolute atomic E-state index is 9.28. The van der Waals surface area contributed by atoms with Crippen LogP contribution in [0.25, 0.3) is 0 Å². The lowest BCUT2D eigenvalue weighted by atomic mass is 9.48. The Kier molecular flexibility index (Phi) is 5.07. The average Bonchev–Trinajstić information content (AvgIpc) is 2.81. The second kappa shape index (κ2) is 8.12. The molecule has 4 heteroatoms. The number of para-hydroxylation sites is 1. The number of benzene rings is 3. The lowest BCUT2D eigenvalue weighted by Crippen LogP contribution is -2.48. The summed E-state index contributed by atoms with van der Waals surface area (Å²) in [5.74, 6) is 2.79. The van der Waals surface area contributed by atoms with E-state index in [4.69, 9.17) is 11.6 Å². The molecule has 0 amide bonds. The molecule has 0 radical (unpaired) electrons. The van der Waals surface area contributed by atoms with Gasteiger partial charge in [-0.15, -0.1) is 0 Å². The summed E-state index contributed by atoms with van der Waals surface area (Å²) in [6.07, 6.45) is 8.43. The van der Waals surface area contributed by atoms with Gasteiger partial charge in [0.2, 0.25) is 0 Å². The van der Waals surface area contributed by atoms with E-state index < -0.39 is 0 Å². The normalized spacial score (nSPS) is 27.2. The lowest BCUT2D eigenvalue weighted by Gasteiger charge is -2.57. The van der Waals surface area contributed by atoms with E-state index in [9.17, 15) is 5.26 Å². The van der Waals surface area contributed by atoms with Crippen LogP contribution in [0.4, 0.5) is 22.7 Å². The van der Waals surface area contributed by atoms with Crippen LogP contribution in [0, 0.1) is 29.1 Å². The van der Waals surface area contributed by atoms with Crippen LogP contribution < -0.4 is 10.6 Å². The molecule has 0 unspecified atom stereocenters. The first-order valence-electron chi connectivity index (χ1n) is 12.0. The minimum Gasteiger partial charge on any atom is -0.354 e. The predicted octanol–water partition coefficient (Wildman–Crippen LogP) is 8.17. The van der Waals surface area contributed by atoms with E-state index in [0.717, 1.165) is 45.5 Å².